The topological polar surface area (TPSA) is 122 Å². The second kappa shape index (κ2) is 12.1. The number of pyridine rings is 1. The van der Waals surface area contributed by atoms with Crippen molar-refractivity contribution >= 4 is 34.4 Å². The number of hydrogen-bond donors (Lipinski definition) is 3. The Balaban J connectivity index is 1.40. The molecule has 3 N–H and O–H groups in total. The van der Waals surface area contributed by atoms with E-state index >= 15 is 0 Å². The lowest BCUT2D eigenvalue weighted by atomic mass is 10.1. The van der Waals surface area contributed by atoms with Crippen LogP contribution in [0.4, 0.5) is 9.93 Å². The Hall–Kier alpha value is -3.79. The Morgan fingerprint density at radius 3 is 2.17 bits per heavy atom. The number of nitrogens with one attached hydrogen (secondary N) is 3. The van der Waals surface area contributed by atoms with E-state index in [1.807, 2.05) is 44.4 Å². The largest absolute Gasteiger partial charge is 0.444 e. The molecule has 0 aliphatic heterocycles. The van der Waals surface area contributed by atoms with Gasteiger partial charge in [0.2, 0.25) is 0 Å². The molecule has 1 aromatic carbocycles. The summed E-state index contributed by atoms with van der Waals surface area (Å²) < 4.78 is 5.17. The second-order valence-electron chi connectivity index (χ2n) is 8.68. The number of amides is 3. The van der Waals surface area contributed by atoms with Gasteiger partial charge < -0.3 is 15.4 Å². The average molecular weight is 496 g/mol. The van der Waals surface area contributed by atoms with E-state index < -0.39 is 11.7 Å². The Labute approximate surface area is 208 Å². The van der Waals surface area contributed by atoms with E-state index in [-0.39, 0.29) is 11.8 Å². The van der Waals surface area contributed by atoms with E-state index in [0.29, 0.717) is 47.9 Å². The fourth-order valence-electron chi connectivity index (χ4n) is 2.96. The van der Waals surface area contributed by atoms with E-state index in [9.17, 15) is 14.4 Å². The summed E-state index contributed by atoms with van der Waals surface area (Å²) in [5, 5.41) is 10.6. The molecule has 3 aromatic rings. The molecule has 0 aliphatic rings. The molecule has 0 radical (unpaired) electrons. The number of ether oxygens (including phenoxy) is 1. The number of thiazole rings is 1. The molecule has 35 heavy (non-hydrogen) atoms. The first-order valence-corrected chi connectivity index (χ1v) is 12.1. The van der Waals surface area contributed by atoms with E-state index in [4.69, 9.17) is 4.74 Å². The van der Waals surface area contributed by atoms with Gasteiger partial charge in [0.15, 0.2) is 5.13 Å². The number of benzene rings is 1. The first-order valence-electron chi connectivity index (χ1n) is 11.2. The van der Waals surface area contributed by atoms with Crippen molar-refractivity contribution in [2.24, 2.45) is 0 Å². The van der Waals surface area contributed by atoms with Crippen molar-refractivity contribution in [3.8, 4) is 11.4 Å². The minimum atomic E-state index is -0.529. The maximum Gasteiger partial charge on any atom is 0.407 e. The zero-order valence-corrected chi connectivity index (χ0v) is 20.8. The van der Waals surface area contributed by atoms with Crippen molar-refractivity contribution in [3.05, 3.63) is 65.2 Å². The molecule has 0 aliphatic carbocycles. The number of carbonyl (C=O) groups excluding carboxylic acids is 3. The van der Waals surface area contributed by atoms with Crippen molar-refractivity contribution in [2.45, 2.75) is 39.2 Å². The van der Waals surface area contributed by atoms with E-state index in [2.05, 4.69) is 25.9 Å². The van der Waals surface area contributed by atoms with Crippen molar-refractivity contribution in [3.63, 3.8) is 0 Å². The number of anilines is 1. The molecular formula is C25H29N5O4S. The van der Waals surface area contributed by atoms with Crippen molar-refractivity contribution in [2.75, 3.05) is 18.4 Å². The van der Waals surface area contributed by atoms with Gasteiger partial charge in [-0.25, -0.2) is 9.78 Å². The van der Waals surface area contributed by atoms with Crippen LogP contribution in [-0.2, 0) is 4.74 Å². The fourth-order valence-corrected chi connectivity index (χ4v) is 3.66. The second-order valence-corrected chi connectivity index (χ2v) is 9.53. The highest BCUT2D eigenvalue weighted by Crippen LogP contribution is 2.23. The monoisotopic (exact) mass is 495 g/mol. The number of carbonyl (C=O) groups is 3. The van der Waals surface area contributed by atoms with Crippen LogP contribution in [0.15, 0.2) is 54.0 Å². The molecule has 3 amide bonds. The number of nitrogens with zero attached hydrogens (tertiary/aromatic N) is 2. The standard InChI is InChI=1S/C25H29N5O4S/c1-25(2,3)34-24(33)28-15-7-6-14-27-21(31)17-9-11-18(12-10-17)22(32)30-23-29-20(16-35-23)19-8-4-5-13-26-19/h4-5,8-13,16H,6-7,14-15H2,1-3H3,(H,27,31)(H,28,33)(H,29,30,32). The first-order chi connectivity index (χ1) is 16.7. The molecule has 0 unspecified atom stereocenters. The predicted molar refractivity (Wildman–Crippen MR) is 136 cm³/mol. The summed E-state index contributed by atoms with van der Waals surface area (Å²) >= 11 is 1.32. The normalized spacial score (nSPS) is 10.9. The highest BCUT2D eigenvalue weighted by Gasteiger charge is 2.15. The minimum Gasteiger partial charge on any atom is -0.444 e. The van der Waals surface area contributed by atoms with Gasteiger partial charge in [0.05, 0.1) is 5.69 Å². The zero-order chi connectivity index (χ0) is 25.3. The van der Waals surface area contributed by atoms with E-state index in [1.165, 1.54) is 11.3 Å². The minimum absolute atomic E-state index is 0.225. The molecule has 184 valence electrons. The Kier molecular flexibility index (Phi) is 8.91. The third-order valence-electron chi connectivity index (χ3n) is 4.62. The molecule has 0 saturated carbocycles. The van der Waals surface area contributed by atoms with Crippen LogP contribution in [-0.4, -0.2) is 46.6 Å². The van der Waals surface area contributed by atoms with Crippen molar-refractivity contribution in [1.29, 1.82) is 0 Å². The highest BCUT2D eigenvalue weighted by molar-refractivity contribution is 7.14. The van der Waals surface area contributed by atoms with Crippen LogP contribution in [0, 0.1) is 0 Å². The predicted octanol–water partition coefficient (Wildman–Crippen LogP) is 4.49. The average Bonchev–Trinajstić information content (AvgIpc) is 3.29. The summed E-state index contributed by atoms with van der Waals surface area (Å²) in [7, 11) is 0. The lowest BCUT2D eigenvalue weighted by molar-refractivity contribution is 0.0526. The van der Waals surface area contributed by atoms with Crippen LogP contribution in [0.5, 0.6) is 0 Å². The summed E-state index contributed by atoms with van der Waals surface area (Å²) in [6.07, 6.45) is 2.65. The number of hydrogen-bond acceptors (Lipinski definition) is 7. The highest BCUT2D eigenvalue weighted by atomic mass is 32.1. The third-order valence-corrected chi connectivity index (χ3v) is 5.38. The molecule has 9 nitrogen and oxygen atoms in total. The van der Waals surface area contributed by atoms with E-state index in [1.54, 1.807) is 30.5 Å². The van der Waals surface area contributed by atoms with Gasteiger partial charge in [-0.15, -0.1) is 11.3 Å². The van der Waals surface area contributed by atoms with Gasteiger partial charge in [0.25, 0.3) is 11.8 Å². The molecule has 0 atom stereocenters. The van der Waals surface area contributed by atoms with Crippen LogP contribution < -0.4 is 16.0 Å². The lowest BCUT2D eigenvalue weighted by Crippen LogP contribution is -2.33. The Morgan fingerprint density at radius 2 is 1.54 bits per heavy atom. The Bertz CT molecular complexity index is 1140. The maximum absolute atomic E-state index is 12.5. The molecule has 0 spiro atoms. The Morgan fingerprint density at radius 1 is 0.886 bits per heavy atom. The summed E-state index contributed by atoms with van der Waals surface area (Å²) in [6, 6.07) is 12.0. The van der Waals surface area contributed by atoms with Crippen LogP contribution >= 0.6 is 11.3 Å². The molecule has 0 saturated heterocycles. The maximum atomic E-state index is 12.5. The molecule has 0 fully saturated rings. The summed E-state index contributed by atoms with van der Waals surface area (Å²) in [5.41, 5.74) is 1.78. The number of rotatable bonds is 9. The molecule has 2 heterocycles. The third kappa shape index (κ3) is 8.49. The van der Waals surface area contributed by atoms with Gasteiger partial charge in [0, 0.05) is 35.8 Å². The van der Waals surface area contributed by atoms with Gasteiger partial charge in [-0.2, -0.15) is 0 Å². The summed E-state index contributed by atoms with van der Waals surface area (Å²) in [4.78, 5) is 45.1. The van der Waals surface area contributed by atoms with Crippen LogP contribution in [0.2, 0.25) is 0 Å². The van der Waals surface area contributed by atoms with Crippen molar-refractivity contribution < 1.29 is 19.1 Å². The fraction of sp³-hybridized carbons (Fsp3) is 0.320. The summed E-state index contributed by atoms with van der Waals surface area (Å²) in [5.74, 6) is -0.534. The summed E-state index contributed by atoms with van der Waals surface area (Å²) in [6.45, 7) is 6.36. The molecule has 0 bridgehead atoms. The van der Waals surface area contributed by atoms with Crippen LogP contribution in [0.25, 0.3) is 11.4 Å². The molecular weight excluding hydrogens is 466 g/mol. The molecule has 10 heteroatoms. The quantitative estimate of drug-likeness (QED) is 0.376. The van der Waals surface area contributed by atoms with E-state index in [0.717, 1.165) is 5.69 Å². The van der Waals surface area contributed by atoms with Crippen LogP contribution in [0.1, 0.15) is 54.3 Å². The zero-order valence-electron chi connectivity index (χ0n) is 20.0. The van der Waals surface area contributed by atoms with Gasteiger partial charge in [-0.1, -0.05) is 6.07 Å². The SMILES string of the molecule is CC(C)(C)OC(=O)NCCCCNC(=O)c1ccc(C(=O)Nc2nc(-c3ccccn3)cs2)cc1. The number of alkyl carbamates (subject to hydrolysis) is 1. The lowest BCUT2D eigenvalue weighted by Gasteiger charge is -2.19. The molecule has 2 aromatic heterocycles. The van der Waals surface area contributed by atoms with Crippen molar-refractivity contribution in [1.82, 2.24) is 20.6 Å². The van der Waals surface area contributed by atoms with Gasteiger partial charge in [-0.05, 0) is 70.0 Å². The van der Waals surface area contributed by atoms with Gasteiger partial charge >= 0.3 is 6.09 Å². The van der Waals surface area contributed by atoms with Gasteiger partial charge in [-0.3, -0.25) is 19.9 Å². The first kappa shape index (κ1) is 25.8. The molecule has 3 rings (SSSR count). The number of unbranched alkanes of at least 4 members (excludes halogenated alkanes) is 1. The van der Waals surface area contributed by atoms with Crippen LogP contribution in [0.3, 0.4) is 0 Å². The van der Waals surface area contributed by atoms with Gasteiger partial charge in [0.1, 0.15) is 11.3 Å². The number of aromatic nitrogens is 2. The smallest absolute Gasteiger partial charge is 0.407 e.